The van der Waals surface area contributed by atoms with E-state index in [1.54, 1.807) is 0 Å². The lowest BCUT2D eigenvalue weighted by atomic mass is 9.85. The van der Waals surface area contributed by atoms with Gasteiger partial charge in [0.15, 0.2) is 0 Å². The molecule has 0 bridgehead atoms. The summed E-state index contributed by atoms with van der Waals surface area (Å²) in [5.74, 6) is 1.45. The summed E-state index contributed by atoms with van der Waals surface area (Å²) in [6, 6.07) is 1.24. The van der Waals surface area contributed by atoms with Crippen LogP contribution in [0.15, 0.2) is 0 Å². The molecule has 3 rings (SSSR count). The van der Waals surface area contributed by atoms with E-state index in [1.165, 1.54) is 32.2 Å². The van der Waals surface area contributed by atoms with E-state index < -0.39 is 0 Å². The molecule has 0 spiro atoms. The summed E-state index contributed by atoms with van der Waals surface area (Å²) in [6.07, 6.45) is 7.11. The van der Waals surface area contributed by atoms with Gasteiger partial charge >= 0.3 is 0 Å². The summed E-state index contributed by atoms with van der Waals surface area (Å²) in [4.78, 5) is 14.7. The van der Waals surface area contributed by atoms with Crippen molar-refractivity contribution in [1.82, 2.24) is 15.5 Å². The van der Waals surface area contributed by atoms with Gasteiger partial charge in [0.25, 0.3) is 0 Å². The van der Waals surface area contributed by atoms with Gasteiger partial charge in [0.05, 0.1) is 0 Å². The van der Waals surface area contributed by atoms with Gasteiger partial charge in [-0.2, -0.15) is 0 Å². The summed E-state index contributed by atoms with van der Waals surface area (Å²) in [5, 5.41) is 6.71. The number of piperidine rings is 1. The average Bonchev–Trinajstić information content (AvgIpc) is 3.20. The van der Waals surface area contributed by atoms with Crippen molar-refractivity contribution in [2.75, 3.05) is 26.2 Å². The normalized spacial score (nSPS) is 30.0. The summed E-state index contributed by atoms with van der Waals surface area (Å²) in [7, 11) is 0. The van der Waals surface area contributed by atoms with Crippen LogP contribution >= 0.6 is 24.8 Å². The van der Waals surface area contributed by atoms with Gasteiger partial charge in [-0.3, -0.25) is 9.69 Å². The zero-order chi connectivity index (χ0) is 13.9. The predicted molar refractivity (Wildman–Crippen MR) is 95.0 cm³/mol. The maximum Gasteiger partial charge on any atom is 0.220 e. The van der Waals surface area contributed by atoms with Gasteiger partial charge in [-0.05, 0) is 57.0 Å². The minimum atomic E-state index is 0. The fourth-order valence-electron chi connectivity index (χ4n) is 3.79. The van der Waals surface area contributed by atoms with Crippen LogP contribution in [-0.4, -0.2) is 49.1 Å². The van der Waals surface area contributed by atoms with Crippen LogP contribution in [0.1, 0.15) is 45.4 Å². The molecule has 3 fully saturated rings. The van der Waals surface area contributed by atoms with Crippen LogP contribution in [0.3, 0.4) is 0 Å². The lowest BCUT2D eigenvalue weighted by Crippen LogP contribution is -2.40. The number of rotatable bonds is 5. The van der Waals surface area contributed by atoms with Crippen molar-refractivity contribution in [3.05, 3.63) is 0 Å². The Morgan fingerprint density at radius 2 is 2.05 bits per heavy atom. The maximum absolute atomic E-state index is 12.2. The second-order valence-corrected chi connectivity index (χ2v) is 7.07. The Hall–Kier alpha value is -0.0300. The molecule has 2 heterocycles. The molecule has 0 radical (unpaired) electrons. The Kier molecular flexibility index (Phi) is 8.47. The smallest absolute Gasteiger partial charge is 0.220 e. The van der Waals surface area contributed by atoms with Gasteiger partial charge in [0.2, 0.25) is 5.91 Å². The summed E-state index contributed by atoms with van der Waals surface area (Å²) < 4.78 is 0. The number of nitrogens with zero attached hydrogens (tertiary/aromatic N) is 1. The van der Waals surface area contributed by atoms with Crippen LogP contribution in [-0.2, 0) is 4.79 Å². The molecule has 0 aromatic heterocycles. The molecule has 6 heteroatoms. The van der Waals surface area contributed by atoms with E-state index in [0.717, 1.165) is 32.1 Å². The van der Waals surface area contributed by atoms with Crippen LogP contribution in [0, 0.1) is 11.8 Å². The van der Waals surface area contributed by atoms with Crippen LogP contribution in [0.2, 0.25) is 0 Å². The van der Waals surface area contributed by atoms with Gasteiger partial charge in [0.1, 0.15) is 0 Å². The molecule has 0 aromatic carbocycles. The third-order valence-corrected chi connectivity index (χ3v) is 5.30. The first-order chi connectivity index (χ1) is 9.72. The van der Waals surface area contributed by atoms with E-state index >= 15 is 0 Å². The minimum Gasteiger partial charge on any atom is -0.352 e. The molecule has 2 aliphatic heterocycles. The molecule has 3 unspecified atom stereocenters. The van der Waals surface area contributed by atoms with Crippen molar-refractivity contribution in [2.45, 2.75) is 57.5 Å². The lowest BCUT2D eigenvalue weighted by Gasteiger charge is -2.28. The molecule has 0 aromatic rings. The van der Waals surface area contributed by atoms with Crippen molar-refractivity contribution in [2.24, 2.45) is 11.8 Å². The van der Waals surface area contributed by atoms with Gasteiger partial charge < -0.3 is 10.6 Å². The molecule has 130 valence electrons. The number of hydrogen-bond acceptors (Lipinski definition) is 3. The van der Waals surface area contributed by atoms with Crippen LogP contribution in [0.5, 0.6) is 0 Å². The monoisotopic (exact) mass is 351 g/mol. The Labute approximate surface area is 147 Å². The second-order valence-electron chi connectivity index (χ2n) is 7.07. The molecule has 2 N–H and O–H groups in total. The molecule has 1 saturated carbocycles. The van der Waals surface area contributed by atoms with Crippen molar-refractivity contribution in [3.8, 4) is 0 Å². The molecular formula is C16H31Cl2N3O. The number of carbonyl (C=O) groups is 1. The topological polar surface area (TPSA) is 44.4 Å². The SMILES string of the molecule is CC(CC(=O)NC1CCN(C2CC2)C1)C1CCCNC1.Cl.Cl. The van der Waals surface area contributed by atoms with E-state index in [0.29, 0.717) is 24.3 Å². The lowest BCUT2D eigenvalue weighted by molar-refractivity contribution is -0.123. The number of likely N-dealkylation sites (tertiary alicyclic amines) is 1. The zero-order valence-corrected chi connectivity index (χ0v) is 15.2. The second kappa shape index (κ2) is 9.31. The fourth-order valence-corrected chi connectivity index (χ4v) is 3.79. The number of nitrogens with one attached hydrogen (secondary N) is 2. The Morgan fingerprint density at radius 1 is 1.27 bits per heavy atom. The Morgan fingerprint density at radius 3 is 2.68 bits per heavy atom. The third-order valence-electron chi connectivity index (χ3n) is 5.30. The largest absolute Gasteiger partial charge is 0.352 e. The van der Waals surface area contributed by atoms with E-state index in [2.05, 4.69) is 22.5 Å². The van der Waals surface area contributed by atoms with Crippen molar-refractivity contribution >= 4 is 30.7 Å². The van der Waals surface area contributed by atoms with E-state index in [4.69, 9.17) is 0 Å². The summed E-state index contributed by atoms with van der Waals surface area (Å²) in [6.45, 7) is 6.73. The van der Waals surface area contributed by atoms with E-state index in [-0.39, 0.29) is 30.7 Å². The fraction of sp³-hybridized carbons (Fsp3) is 0.938. The predicted octanol–water partition coefficient (Wildman–Crippen LogP) is 2.21. The van der Waals surface area contributed by atoms with Gasteiger partial charge in [-0.15, -0.1) is 24.8 Å². The highest BCUT2D eigenvalue weighted by atomic mass is 35.5. The molecule has 1 aliphatic carbocycles. The molecule has 2 saturated heterocycles. The Balaban J connectivity index is 0.00000121. The van der Waals surface area contributed by atoms with Crippen molar-refractivity contribution in [3.63, 3.8) is 0 Å². The van der Waals surface area contributed by atoms with Gasteiger partial charge in [-0.25, -0.2) is 0 Å². The first-order valence-electron chi connectivity index (χ1n) is 8.46. The third kappa shape index (κ3) is 5.55. The van der Waals surface area contributed by atoms with Gasteiger partial charge in [-0.1, -0.05) is 6.92 Å². The van der Waals surface area contributed by atoms with Crippen molar-refractivity contribution < 1.29 is 4.79 Å². The zero-order valence-electron chi connectivity index (χ0n) is 13.6. The first-order valence-corrected chi connectivity index (χ1v) is 8.46. The molecular weight excluding hydrogens is 321 g/mol. The molecule has 22 heavy (non-hydrogen) atoms. The number of halogens is 2. The molecule has 4 nitrogen and oxygen atoms in total. The highest BCUT2D eigenvalue weighted by Crippen LogP contribution is 2.30. The number of amides is 1. The number of carbonyl (C=O) groups excluding carboxylic acids is 1. The van der Waals surface area contributed by atoms with E-state index in [1.807, 2.05) is 0 Å². The highest BCUT2D eigenvalue weighted by Gasteiger charge is 2.35. The molecule has 1 amide bonds. The van der Waals surface area contributed by atoms with Crippen molar-refractivity contribution in [1.29, 1.82) is 0 Å². The Bertz CT molecular complexity index is 346. The van der Waals surface area contributed by atoms with Crippen LogP contribution < -0.4 is 10.6 Å². The quantitative estimate of drug-likeness (QED) is 0.797. The maximum atomic E-state index is 12.2. The van der Waals surface area contributed by atoms with E-state index in [9.17, 15) is 4.79 Å². The average molecular weight is 352 g/mol. The van der Waals surface area contributed by atoms with Crippen LogP contribution in [0.25, 0.3) is 0 Å². The first kappa shape index (κ1) is 20.0. The summed E-state index contributed by atoms with van der Waals surface area (Å²) in [5.41, 5.74) is 0. The van der Waals surface area contributed by atoms with Crippen LogP contribution in [0.4, 0.5) is 0 Å². The standard InChI is InChI=1S/C16H29N3O.2ClH/c1-12(13-3-2-7-17-10-13)9-16(20)18-14-6-8-19(11-14)15-4-5-15;;/h12-15,17H,2-11H2,1H3,(H,18,20);2*1H. The highest BCUT2D eigenvalue weighted by molar-refractivity contribution is 5.85. The van der Waals surface area contributed by atoms with Gasteiger partial charge in [0, 0.05) is 31.6 Å². The number of hydrogen-bond donors (Lipinski definition) is 2. The molecule has 3 aliphatic rings. The molecule has 3 atom stereocenters. The summed E-state index contributed by atoms with van der Waals surface area (Å²) >= 11 is 0. The minimum absolute atomic E-state index is 0.